The first-order valence-electron chi connectivity index (χ1n) is 11.9. The number of carbonyl (C=O) groups excluding carboxylic acids is 1. The van der Waals surface area contributed by atoms with Gasteiger partial charge in [0.1, 0.15) is 23.7 Å². The van der Waals surface area contributed by atoms with E-state index < -0.39 is 11.6 Å². The number of carbonyl (C=O) groups is 2. The molecule has 1 atom stereocenters. The normalized spacial score (nSPS) is 16.4. The standard InChI is InChI=1S/C29H30FNO4/c1-29(18-23-11-5-6-12-25(23)30)19-24-16-22(13-14-26(24)35-29)17-27(32)31(20-28(33)34)15-7-10-21-8-3-2-4-9-21/h2-6,8-9,11-14,16H,7,10,15,17-20H2,1H3,(H,33,34)/t29-/m0/s1. The number of halogens is 1. The van der Waals surface area contributed by atoms with E-state index in [0.717, 1.165) is 28.9 Å². The molecule has 1 aliphatic heterocycles. The topological polar surface area (TPSA) is 66.8 Å². The highest BCUT2D eigenvalue weighted by atomic mass is 19.1. The molecule has 0 unspecified atom stereocenters. The van der Waals surface area contributed by atoms with Gasteiger partial charge < -0.3 is 14.7 Å². The summed E-state index contributed by atoms with van der Waals surface area (Å²) < 4.78 is 20.3. The largest absolute Gasteiger partial charge is 0.487 e. The van der Waals surface area contributed by atoms with Crippen molar-refractivity contribution in [2.75, 3.05) is 13.1 Å². The molecule has 0 bridgehead atoms. The molecule has 35 heavy (non-hydrogen) atoms. The fraction of sp³-hybridized carbons (Fsp3) is 0.310. The molecule has 0 aliphatic carbocycles. The molecule has 0 aromatic heterocycles. The van der Waals surface area contributed by atoms with E-state index in [1.807, 2.05) is 61.5 Å². The van der Waals surface area contributed by atoms with Crippen molar-refractivity contribution in [2.24, 2.45) is 0 Å². The lowest BCUT2D eigenvalue weighted by Crippen LogP contribution is -2.37. The summed E-state index contributed by atoms with van der Waals surface area (Å²) >= 11 is 0. The maximum Gasteiger partial charge on any atom is 0.323 e. The van der Waals surface area contributed by atoms with E-state index in [1.165, 1.54) is 11.0 Å². The number of hydrogen-bond acceptors (Lipinski definition) is 3. The van der Waals surface area contributed by atoms with E-state index in [-0.39, 0.29) is 24.7 Å². The Morgan fingerprint density at radius 3 is 2.51 bits per heavy atom. The molecule has 1 N–H and O–H groups in total. The van der Waals surface area contributed by atoms with E-state index in [1.54, 1.807) is 12.1 Å². The van der Waals surface area contributed by atoms with Crippen molar-refractivity contribution < 1.29 is 23.8 Å². The molecule has 0 spiro atoms. The highest BCUT2D eigenvalue weighted by Crippen LogP contribution is 2.38. The third kappa shape index (κ3) is 6.47. The third-order valence-corrected chi connectivity index (χ3v) is 6.34. The van der Waals surface area contributed by atoms with Crippen LogP contribution in [0.25, 0.3) is 0 Å². The minimum atomic E-state index is -1.02. The molecule has 0 saturated carbocycles. The van der Waals surface area contributed by atoms with Crippen molar-refractivity contribution in [3.63, 3.8) is 0 Å². The monoisotopic (exact) mass is 475 g/mol. The average molecular weight is 476 g/mol. The van der Waals surface area contributed by atoms with Gasteiger partial charge in [0.2, 0.25) is 5.91 Å². The van der Waals surface area contributed by atoms with E-state index >= 15 is 0 Å². The van der Waals surface area contributed by atoms with Gasteiger partial charge in [-0.25, -0.2) is 4.39 Å². The van der Waals surface area contributed by atoms with Gasteiger partial charge in [-0.2, -0.15) is 0 Å². The zero-order chi connectivity index (χ0) is 24.8. The molecular formula is C29H30FNO4. The van der Waals surface area contributed by atoms with Gasteiger partial charge in [0.25, 0.3) is 0 Å². The van der Waals surface area contributed by atoms with Crippen LogP contribution in [0.3, 0.4) is 0 Å². The Labute approximate surface area is 205 Å². The van der Waals surface area contributed by atoms with Crippen molar-refractivity contribution in [2.45, 2.75) is 44.6 Å². The summed E-state index contributed by atoms with van der Waals surface area (Å²) in [5.74, 6) is -0.742. The predicted molar refractivity (Wildman–Crippen MR) is 132 cm³/mol. The van der Waals surface area contributed by atoms with Crippen LogP contribution in [0.5, 0.6) is 5.75 Å². The summed E-state index contributed by atoms with van der Waals surface area (Å²) in [4.78, 5) is 25.8. The van der Waals surface area contributed by atoms with Crippen molar-refractivity contribution in [1.82, 2.24) is 4.90 Å². The summed E-state index contributed by atoms with van der Waals surface area (Å²) in [6.07, 6.45) is 2.64. The van der Waals surface area contributed by atoms with Crippen molar-refractivity contribution in [3.05, 3.63) is 101 Å². The van der Waals surface area contributed by atoms with Crippen LogP contribution < -0.4 is 4.74 Å². The molecule has 6 heteroatoms. The second kappa shape index (κ2) is 10.7. The number of nitrogens with zero attached hydrogens (tertiary/aromatic N) is 1. The van der Waals surface area contributed by atoms with Crippen molar-refractivity contribution in [1.29, 1.82) is 0 Å². The number of amides is 1. The molecule has 0 fully saturated rings. The summed E-state index contributed by atoms with van der Waals surface area (Å²) in [7, 11) is 0. The Morgan fingerprint density at radius 1 is 1.03 bits per heavy atom. The Balaban J connectivity index is 1.39. The molecule has 3 aromatic rings. The Morgan fingerprint density at radius 2 is 1.77 bits per heavy atom. The van der Waals surface area contributed by atoms with E-state index in [4.69, 9.17) is 4.74 Å². The Kier molecular flexibility index (Phi) is 7.49. The lowest BCUT2D eigenvalue weighted by Gasteiger charge is -2.24. The molecule has 0 radical (unpaired) electrons. The highest BCUT2D eigenvalue weighted by Gasteiger charge is 2.35. The lowest BCUT2D eigenvalue weighted by molar-refractivity contribution is -0.144. The van der Waals surface area contributed by atoms with Crippen LogP contribution >= 0.6 is 0 Å². The van der Waals surface area contributed by atoms with Gasteiger partial charge >= 0.3 is 5.97 Å². The van der Waals surface area contributed by atoms with Crippen molar-refractivity contribution in [3.8, 4) is 5.75 Å². The van der Waals surface area contributed by atoms with Crippen LogP contribution in [0.4, 0.5) is 4.39 Å². The second-order valence-electron chi connectivity index (χ2n) is 9.41. The van der Waals surface area contributed by atoms with Gasteiger partial charge in [0.05, 0.1) is 6.42 Å². The zero-order valence-electron chi connectivity index (χ0n) is 19.9. The first-order valence-corrected chi connectivity index (χ1v) is 11.9. The van der Waals surface area contributed by atoms with E-state index in [2.05, 4.69) is 0 Å². The Bertz CT molecular complexity index is 1200. The first-order chi connectivity index (χ1) is 16.8. The lowest BCUT2D eigenvalue weighted by atomic mass is 9.91. The van der Waals surface area contributed by atoms with Crippen LogP contribution in [0.2, 0.25) is 0 Å². The van der Waals surface area contributed by atoms with Crippen LogP contribution in [0, 0.1) is 5.82 Å². The van der Waals surface area contributed by atoms with Crippen molar-refractivity contribution >= 4 is 11.9 Å². The molecule has 0 saturated heterocycles. The summed E-state index contributed by atoms with van der Waals surface area (Å²) in [5, 5.41) is 9.30. The molecular weight excluding hydrogens is 445 g/mol. The number of aliphatic carboxylic acids is 1. The smallest absolute Gasteiger partial charge is 0.323 e. The van der Waals surface area contributed by atoms with Gasteiger partial charge in [0, 0.05) is 19.4 Å². The van der Waals surface area contributed by atoms with Gasteiger partial charge in [-0.15, -0.1) is 0 Å². The van der Waals surface area contributed by atoms with Crippen LogP contribution in [0.15, 0.2) is 72.8 Å². The number of benzene rings is 3. The van der Waals surface area contributed by atoms with Gasteiger partial charge in [0.15, 0.2) is 0 Å². The fourth-order valence-electron chi connectivity index (χ4n) is 4.69. The summed E-state index contributed by atoms with van der Waals surface area (Å²) in [5.41, 5.74) is 2.99. The molecule has 3 aromatic carbocycles. The number of carboxylic acid groups (broad SMARTS) is 1. The molecule has 5 nitrogen and oxygen atoms in total. The number of ether oxygens (including phenoxy) is 1. The quantitative estimate of drug-likeness (QED) is 0.455. The Hall–Kier alpha value is -3.67. The number of carboxylic acids is 1. The average Bonchev–Trinajstić information content (AvgIpc) is 3.15. The maximum absolute atomic E-state index is 14.2. The van der Waals surface area contributed by atoms with Crippen LogP contribution in [-0.2, 0) is 35.3 Å². The van der Waals surface area contributed by atoms with Gasteiger partial charge in [-0.3, -0.25) is 9.59 Å². The summed E-state index contributed by atoms with van der Waals surface area (Å²) in [6.45, 7) is 2.03. The third-order valence-electron chi connectivity index (χ3n) is 6.34. The van der Waals surface area contributed by atoms with Crippen LogP contribution in [-0.4, -0.2) is 40.6 Å². The maximum atomic E-state index is 14.2. The SMILES string of the molecule is C[C@]1(Cc2ccccc2F)Cc2cc(CC(=O)N(CCCc3ccccc3)CC(=O)O)ccc2O1. The summed E-state index contributed by atoms with van der Waals surface area (Å²) in [6, 6.07) is 22.3. The predicted octanol–water partition coefficient (Wildman–Crippen LogP) is 4.85. The van der Waals surface area contributed by atoms with Gasteiger partial charge in [-0.1, -0.05) is 60.7 Å². The number of aryl methyl sites for hydroxylation is 1. The number of hydrogen-bond donors (Lipinski definition) is 1. The fourth-order valence-corrected chi connectivity index (χ4v) is 4.69. The van der Waals surface area contributed by atoms with Crippen LogP contribution in [0.1, 0.15) is 35.6 Å². The zero-order valence-corrected chi connectivity index (χ0v) is 19.9. The number of fused-ring (bicyclic) bond motifs is 1. The van der Waals surface area contributed by atoms with Gasteiger partial charge in [-0.05, 0) is 54.2 Å². The highest BCUT2D eigenvalue weighted by molar-refractivity contribution is 5.83. The molecule has 1 aliphatic rings. The van der Waals surface area contributed by atoms with E-state index in [0.29, 0.717) is 31.4 Å². The molecule has 1 amide bonds. The number of rotatable bonds is 10. The molecule has 4 rings (SSSR count). The van der Waals surface area contributed by atoms with E-state index in [9.17, 15) is 19.1 Å². The first kappa shape index (κ1) is 24.5. The molecule has 182 valence electrons. The minimum absolute atomic E-state index is 0.121. The molecule has 1 heterocycles. The second-order valence-corrected chi connectivity index (χ2v) is 9.41. The minimum Gasteiger partial charge on any atom is -0.487 e.